The van der Waals surface area contributed by atoms with E-state index in [1.54, 1.807) is 22.0 Å². The van der Waals surface area contributed by atoms with Gasteiger partial charge in [0.15, 0.2) is 0 Å². The van der Waals surface area contributed by atoms with E-state index in [1.165, 1.54) is 12.1 Å². The molecule has 3 aromatic carbocycles. The third-order valence-corrected chi connectivity index (χ3v) is 5.67. The quantitative estimate of drug-likeness (QED) is 0.447. The molecule has 3 N–H and O–H groups in total. The van der Waals surface area contributed by atoms with E-state index in [9.17, 15) is 15.0 Å². The first-order chi connectivity index (χ1) is 15.5. The van der Waals surface area contributed by atoms with Gasteiger partial charge in [0.1, 0.15) is 17.1 Å². The van der Waals surface area contributed by atoms with Crippen molar-refractivity contribution in [1.82, 2.24) is 14.7 Å². The van der Waals surface area contributed by atoms with Crippen LogP contribution in [-0.2, 0) is 13.1 Å². The van der Waals surface area contributed by atoms with E-state index in [2.05, 4.69) is 10.4 Å². The standard InChI is InChI=1S/C25H22N4O3/c1-16-6-2-5-9-22(16)29-15-19(12-26-29)27-21-10-20(30)11-23(31)24(21)25(32)28-13-17-7-3-4-8-18(17)14-28/h2-12,15,27,30-31H,13-14H2,1H3. The van der Waals surface area contributed by atoms with Crippen molar-refractivity contribution >= 4 is 17.3 Å². The number of anilines is 2. The lowest BCUT2D eigenvalue weighted by Gasteiger charge is -2.19. The van der Waals surface area contributed by atoms with Crippen molar-refractivity contribution in [1.29, 1.82) is 0 Å². The van der Waals surface area contributed by atoms with E-state index in [0.717, 1.165) is 22.4 Å². The van der Waals surface area contributed by atoms with Crippen LogP contribution in [0, 0.1) is 6.92 Å². The Bertz CT molecular complexity index is 1300. The van der Waals surface area contributed by atoms with Crippen LogP contribution in [0.4, 0.5) is 11.4 Å². The number of aromatic nitrogens is 2. The third-order valence-electron chi connectivity index (χ3n) is 5.67. The second-order valence-electron chi connectivity index (χ2n) is 7.90. The minimum absolute atomic E-state index is 0.110. The van der Waals surface area contributed by atoms with Crippen LogP contribution in [0.25, 0.3) is 5.69 Å². The summed E-state index contributed by atoms with van der Waals surface area (Å²) in [5.41, 5.74) is 5.23. The molecular formula is C25H22N4O3. The van der Waals surface area contributed by atoms with Gasteiger partial charge in [-0.1, -0.05) is 42.5 Å². The fraction of sp³-hybridized carbons (Fsp3) is 0.120. The molecule has 0 unspecified atom stereocenters. The number of phenolic OH excluding ortho intramolecular Hbond substituents is 2. The Balaban J connectivity index is 1.46. The van der Waals surface area contributed by atoms with Gasteiger partial charge in [-0.05, 0) is 29.7 Å². The zero-order chi connectivity index (χ0) is 22.2. The van der Waals surface area contributed by atoms with Crippen LogP contribution in [0.15, 0.2) is 73.1 Å². The Kier molecular flexibility index (Phi) is 4.78. The molecule has 7 nitrogen and oxygen atoms in total. The highest BCUT2D eigenvalue weighted by atomic mass is 16.3. The molecule has 5 rings (SSSR count). The lowest BCUT2D eigenvalue weighted by atomic mass is 10.1. The summed E-state index contributed by atoms with van der Waals surface area (Å²) in [6.07, 6.45) is 3.43. The van der Waals surface area contributed by atoms with Crippen molar-refractivity contribution in [3.8, 4) is 17.2 Å². The van der Waals surface area contributed by atoms with Crippen molar-refractivity contribution in [2.24, 2.45) is 0 Å². The molecule has 4 aromatic rings. The molecule has 0 atom stereocenters. The number of aryl methyl sites for hydroxylation is 1. The molecular weight excluding hydrogens is 404 g/mol. The van der Waals surface area contributed by atoms with Crippen molar-refractivity contribution < 1.29 is 15.0 Å². The number of aromatic hydroxyl groups is 2. The number of nitrogens with zero attached hydrogens (tertiary/aromatic N) is 3. The first-order valence-corrected chi connectivity index (χ1v) is 10.3. The fourth-order valence-electron chi connectivity index (χ4n) is 4.07. The molecule has 2 heterocycles. The normalized spacial score (nSPS) is 12.6. The van der Waals surface area contributed by atoms with Crippen molar-refractivity contribution in [2.45, 2.75) is 20.0 Å². The SMILES string of the molecule is Cc1ccccc1-n1cc(Nc2cc(O)cc(O)c2C(=O)N2Cc3ccccc3C2)cn1. The minimum atomic E-state index is -0.313. The van der Waals surface area contributed by atoms with E-state index < -0.39 is 0 Å². The first kappa shape index (κ1) is 19.7. The third kappa shape index (κ3) is 3.54. The molecule has 1 aliphatic heterocycles. The van der Waals surface area contributed by atoms with Gasteiger partial charge >= 0.3 is 0 Å². The van der Waals surface area contributed by atoms with Crippen LogP contribution in [0.1, 0.15) is 27.0 Å². The number of amides is 1. The topological polar surface area (TPSA) is 90.6 Å². The summed E-state index contributed by atoms with van der Waals surface area (Å²) < 4.78 is 1.74. The molecule has 0 radical (unpaired) electrons. The smallest absolute Gasteiger partial charge is 0.260 e. The number of phenols is 2. The van der Waals surface area contributed by atoms with Gasteiger partial charge in [0.2, 0.25) is 0 Å². The second kappa shape index (κ2) is 7.77. The summed E-state index contributed by atoms with van der Waals surface area (Å²) in [7, 11) is 0. The van der Waals surface area contributed by atoms with Gasteiger partial charge in [-0.3, -0.25) is 4.79 Å². The molecule has 32 heavy (non-hydrogen) atoms. The van der Waals surface area contributed by atoms with Crippen molar-refractivity contribution in [3.05, 3.63) is 95.3 Å². The fourth-order valence-corrected chi connectivity index (χ4v) is 4.07. The Morgan fingerprint density at radius 1 is 1.00 bits per heavy atom. The maximum Gasteiger partial charge on any atom is 0.260 e. The van der Waals surface area contributed by atoms with Crippen LogP contribution in [0.2, 0.25) is 0 Å². The Hall–Kier alpha value is -4.26. The summed E-state index contributed by atoms with van der Waals surface area (Å²) in [4.78, 5) is 15.0. The summed E-state index contributed by atoms with van der Waals surface area (Å²) >= 11 is 0. The summed E-state index contributed by atoms with van der Waals surface area (Å²) in [5, 5.41) is 28.1. The number of benzene rings is 3. The molecule has 0 bridgehead atoms. The molecule has 160 valence electrons. The first-order valence-electron chi connectivity index (χ1n) is 10.3. The number of fused-ring (bicyclic) bond motifs is 1. The van der Waals surface area contributed by atoms with Gasteiger partial charge in [-0.2, -0.15) is 5.10 Å². The lowest BCUT2D eigenvalue weighted by molar-refractivity contribution is 0.0749. The van der Waals surface area contributed by atoms with E-state index in [-0.39, 0.29) is 23.0 Å². The van der Waals surface area contributed by atoms with Crippen LogP contribution >= 0.6 is 0 Å². The van der Waals surface area contributed by atoms with Gasteiger partial charge in [-0.25, -0.2) is 4.68 Å². The summed E-state index contributed by atoms with van der Waals surface area (Å²) in [6.45, 7) is 2.95. The molecule has 1 amide bonds. The monoisotopic (exact) mass is 426 g/mol. The largest absolute Gasteiger partial charge is 0.508 e. The molecule has 0 saturated carbocycles. The molecule has 1 aliphatic rings. The Morgan fingerprint density at radius 3 is 2.41 bits per heavy atom. The second-order valence-corrected chi connectivity index (χ2v) is 7.90. The van der Waals surface area contributed by atoms with Crippen molar-refractivity contribution in [3.63, 3.8) is 0 Å². The van der Waals surface area contributed by atoms with Gasteiger partial charge in [-0.15, -0.1) is 0 Å². The summed E-state index contributed by atoms with van der Waals surface area (Å²) in [5.74, 6) is -0.732. The number of carbonyl (C=O) groups is 1. The predicted octanol–water partition coefficient (Wildman–Crippen LogP) is 4.49. The maximum absolute atomic E-state index is 13.4. The van der Waals surface area contributed by atoms with E-state index in [1.807, 2.05) is 55.5 Å². The predicted molar refractivity (Wildman–Crippen MR) is 121 cm³/mol. The van der Waals surface area contributed by atoms with Gasteiger partial charge in [0.05, 0.1) is 29.5 Å². The highest BCUT2D eigenvalue weighted by molar-refractivity contribution is 6.03. The molecule has 7 heteroatoms. The number of hydrogen-bond donors (Lipinski definition) is 3. The Morgan fingerprint density at radius 2 is 1.69 bits per heavy atom. The van der Waals surface area contributed by atoms with Crippen LogP contribution in [-0.4, -0.2) is 30.8 Å². The lowest BCUT2D eigenvalue weighted by Crippen LogP contribution is -2.26. The molecule has 0 spiro atoms. The van der Waals surface area contributed by atoms with Crippen LogP contribution in [0.3, 0.4) is 0 Å². The minimum Gasteiger partial charge on any atom is -0.508 e. The van der Waals surface area contributed by atoms with Crippen LogP contribution in [0.5, 0.6) is 11.5 Å². The van der Waals surface area contributed by atoms with E-state index in [0.29, 0.717) is 24.5 Å². The molecule has 0 aliphatic carbocycles. The van der Waals surface area contributed by atoms with Gasteiger partial charge in [0.25, 0.3) is 5.91 Å². The van der Waals surface area contributed by atoms with E-state index in [4.69, 9.17) is 0 Å². The highest BCUT2D eigenvalue weighted by Crippen LogP contribution is 2.36. The van der Waals surface area contributed by atoms with Gasteiger partial charge < -0.3 is 20.4 Å². The number of para-hydroxylation sites is 1. The molecule has 0 saturated heterocycles. The number of hydrogen-bond acceptors (Lipinski definition) is 5. The van der Waals surface area contributed by atoms with Crippen molar-refractivity contribution in [2.75, 3.05) is 5.32 Å². The maximum atomic E-state index is 13.4. The molecule has 0 fully saturated rings. The highest BCUT2D eigenvalue weighted by Gasteiger charge is 2.28. The van der Waals surface area contributed by atoms with Crippen LogP contribution < -0.4 is 5.32 Å². The number of carbonyl (C=O) groups excluding carboxylic acids is 1. The van der Waals surface area contributed by atoms with Gasteiger partial charge in [0, 0.05) is 25.2 Å². The average Bonchev–Trinajstić information content (AvgIpc) is 3.40. The molecule has 1 aromatic heterocycles. The zero-order valence-corrected chi connectivity index (χ0v) is 17.5. The average molecular weight is 426 g/mol. The Labute approximate surface area is 185 Å². The van der Waals surface area contributed by atoms with E-state index >= 15 is 0 Å². The number of nitrogens with one attached hydrogen (secondary N) is 1. The zero-order valence-electron chi connectivity index (χ0n) is 17.5. The number of rotatable bonds is 4. The summed E-state index contributed by atoms with van der Waals surface area (Å²) in [6, 6.07) is 18.4.